The van der Waals surface area contributed by atoms with Gasteiger partial charge in [-0.3, -0.25) is 0 Å². The van der Waals surface area contributed by atoms with Crippen LogP contribution in [0.2, 0.25) is 0 Å². The number of aromatic hydroxyl groups is 1. The van der Waals surface area contributed by atoms with E-state index in [1.807, 2.05) is 0 Å². The first kappa shape index (κ1) is 12.4. The minimum absolute atomic E-state index is 0.178. The highest BCUT2D eigenvalue weighted by molar-refractivity contribution is 9.10. The van der Waals surface area contributed by atoms with Crippen molar-refractivity contribution in [2.45, 2.75) is 0 Å². The van der Waals surface area contributed by atoms with E-state index in [-0.39, 0.29) is 5.75 Å². The summed E-state index contributed by atoms with van der Waals surface area (Å²) in [5.41, 5.74) is 8.14. The molecule has 0 spiro atoms. The molecule has 0 bridgehead atoms. The number of halogens is 2. The lowest BCUT2D eigenvalue weighted by Gasteiger charge is -2.05. The van der Waals surface area contributed by atoms with Crippen LogP contribution >= 0.6 is 31.9 Å². The molecular weight excluding hydrogens is 376 g/mol. The van der Waals surface area contributed by atoms with Crippen molar-refractivity contribution in [1.29, 1.82) is 0 Å². The highest BCUT2D eigenvalue weighted by Crippen LogP contribution is 2.39. The third-order valence-corrected chi connectivity index (χ3v) is 3.88. The number of H-pyrrole nitrogens is 1. The zero-order valence-electron chi connectivity index (χ0n) is 9.48. The number of nitrogens with one attached hydrogen (secondary N) is 1. The molecule has 0 saturated carbocycles. The van der Waals surface area contributed by atoms with E-state index in [1.165, 1.54) is 0 Å². The van der Waals surface area contributed by atoms with E-state index < -0.39 is 0 Å². The van der Waals surface area contributed by atoms with Gasteiger partial charge in [-0.2, -0.15) is 0 Å². The predicted molar refractivity (Wildman–Crippen MR) is 80.8 cm³/mol. The van der Waals surface area contributed by atoms with Gasteiger partial charge in [0, 0.05) is 28.0 Å². The van der Waals surface area contributed by atoms with E-state index in [1.54, 1.807) is 24.5 Å². The number of benzene rings is 1. The monoisotopic (exact) mass is 382 g/mol. The highest BCUT2D eigenvalue weighted by atomic mass is 79.9. The lowest BCUT2D eigenvalue weighted by molar-refractivity contribution is 0.482. The summed E-state index contributed by atoms with van der Waals surface area (Å²) in [6.07, 6.45) is 3.40. The number of aromatic nitrogens is 3. The average Bonchev–Trinajstić information content (AvgIpc) is 2.80. The van der Waals surface area contributed by atoms with Gasteiger partial charge in [0.05, 0.1) is 10.9 Å². The number of phenolic OH excluding ortho intramolecular Hbond substituents is 1. The van der Waals surface area contributed by atoms with Crippen molar-refractivity contribution >= 4 is 48.6 Å². The number of phenols is 1. The maximum atomic E-state index is 10.0. The van der Waals surface area contributed by atoms with E-state index in [0.717, 1.165) is 15.6 Å². The van der Waals surface area contributed by atoms with Gasteiger partial charge in [0.2, 0.25) is 0 Å². The lowest BCUT2D eigenvalue weighted by atomic mass is 10.1. The summed E-state index contributed by atoms with van der Waals surface area (Å²) in [6.45, 7) is 0. The van der Waals surface area contributed by atoms with Crippen LogP contribution in [-0.4, -0.2) is 20.1 Å². The summed E-state index contributed by atoms with van der Waals surface area (Å²) in [4.78, 5) is 11.2. The second kappa shape index (κ2) is 4.50. The first-order valence-electron chi connectivity index (χ1n) is 5.35. The Hall–Kier alpha value is -1.60. The summed E-state index contributed by atoms with van der Waals surface area (Å²) in [7, 11) is 0. The largest absolute Gasteiger partial charge is 0.507 e. The van der Waals surface area contributed by atoms with Crippen LogP contribution in [0.25, 0.3) is 22.0 Å². The van der Waals surface area contributed by atoms with Crippen molar-refractivity contribution in [3.63, 3.8) is 0 Å². The van der Waals surface area contributed by atoms with Crippen LogP contribution in [-0.2, 0) is 0 Å². The molecule has 7 heteroatoms. The summed E-state index contributed by atoms with van der Waals surface area (Å²) in [6, 6.07) is 3.40. The number of fused-ring (bicyclic) bond motifs is 1. The van der Waals surface area contributed by atoms with E-state index in [4.69, 9.17) is 5.73 Å². The fourth-order valence-electron chi connectivity index (χ4n) is 1.99. The standard InChI is InChI=1S/C12H8Br2N4O/c13-7-1-2-8(19)9-5(3-16-10(7)9)6-4-17-12(14)18-11(6)15/h1-4,16,19H,(H2,15,17,18). The molecule has 96 valence electrons. The van der Waals surface area contributed by atoms with Gasteiger partial charge in [0.15, 0.2) is 4.73 Å². The quantitative estimate of drug-likeness (QED) is 0.561. The maximum absolute atomic E-state index is 10.0. The third-order valence-electron chi connectivity index (χ3n) is 2.84. The summed E-state index contributed by atoms with van der Waals surface area (Å²) in [5.74, 6) is 0.527. The Morgan fingerprint density at radius 2 is 2.00 bits per heavy atom. The summed E-state index contributed by atoms with van der Waals surface area (Å²) in [5, 5.41) is 10.7. The molecule has 0 aliphatic heterocycles. The molecule has 19 heavy (non-hydrogen) atoms. The third kappa shape index (κ3) is 1.98. The van der Waals surface area contributed by atoms with Gasteiger partial charge < -0.3 is 15.8 Å². The molecule has 0 aliphatic carbocycles. The highest BCUT2D eigenvalue weighted by Gasteiger charge is 2.15. The lowest BCUT2D eigenvalue weighted by Crippen LogP contribution is -1.96. The van der Waals surface area contributed by atoms with Gasteiger partial charge in [0.1, 0.15) is 11.6 Å². The molecule has 3 aromatic rings. The molecule has 0 unspecified atom stereocenters. The number of hydrogen-bond donors (Lipinski definition) is 3. The Balaban J connectivity index is 2.34. The van der Waals surface area contributed by atoms with E-state index in [9.17, 15) is 5.11 Å². The van der Waals surface area contributed by atoms with Crippen LogP contribution in [0.3, 0.4) is 0 Å². The van der Waals surface area contributed by atoms with Crippen molar-refractivity contribution in [3.05, 3.63) is 33.7 Å². The minimum atomic E-state index is 0.178. The zero-order chi connectivity index (χ0) is 13.6. The Morgan fingerprint density at radius 1 is 1.21 bits per heavy atom. The molecule has 5 nitrogen and oxygen atoms in total. The molecule has 4 N–H and O–H groups in total. The number of anilines is 1. The zero-order valence-corrected chi connectivity index (χ0v) is 12.7. The van der Waals surface area contributed by atoms with Crippen LogP contribution in [0.4, 0.5) is 5.82 Å². The second-order valence-corrected chi connectivity index (χ2v) is 5.52. The Bertz CT molecular complexity index is 785. The first-order valence-corrected chi connectivity index (χ1v) is 6.93. The van der Waals surface area contributed by atoms with Gasteiger partial charge in [-0.05, 0) is 44.0 Å². The van der Waals surface area contributed by atoms with Gasteiger partial charge in [-0.25, -0.2) is 9.97 Å². The number of nitrogens with two attached hydrogens (primary N) is 1. The number of nitrogen functional groups attached to an aromatic ring is 1. The molecule has 2 aromatic heterocycles. The van der Waals surface area contributed by atoms with Crippen LogP contribution in [0.5, 0.6) is 5.75 Å². The van der Waals surface area contributed by atoms with Crippen molar-refractivity contribution in [1.82, 2.24) is 15.0 Å². The van der Waals surface area contributed by atoms with Gasteiger partial charge in [0.25, 0.3) is 0 Å². The SMILES string of the molecule is Nc1nc(Br)ncc1-c1c[nH]c2c(Br)ccc(O)c12. The molecule has 2 heterocycles. The minimum Gasteiger partial charge on any atom is -0.507 e. The van der Waals surface area contributed by atoms with Gasteiger partial charge >= 0.3 is 0 Å². The summed E-state index contributed by atoms with van der Waals surface area (Å²) >= 11 is 6.60. The Morgan fingerprint density at radius 3 is 2.74 bits per heavy atom. The van der Waals surface area contributed by atoms with Crippen LogP contribution < -0.4 is 5.73 Å². The molecular formula is C12H8Br2N4O. The van der Waals surface area contributed by atoms with Crippen LogP contribution in [0.15, 0.2) is 33.7 Å². The first-order chi connectivity index (χ1) is 9.08. The molecule has 0 saturated heterocycles. The fraction of sp³-hybridized carbons (Fsp3) is 0. The van der Waals surface area contributed by atoms with Crippen LogP contribution in [0.1, 0.15) is 0 Å². The number of nitrogens with zero attached hydrogens (tertiary/aromatic N) is 2. The number of rotatable bonds is 1. The van der Waals surface area contributed by atoms with Crippen LogP contribution in [0, 0.1) is 0 Å². The fourth-order valence-corrected chi connectivity index (χ4v) is 2.73. The number of hydrogen-bond acceptors (Lipinski definition) is 4. The smallest absolute Gasteiger partial charge is 0.198 e. The topological polar surface area (TPSA) is 87.8 Å². The Labute approximate surface area is 125 Å². The van der Waals surface area contributed by atoms with E-state index >= 15 is 0 Å². The molecule has 0 fully saturated rings. The second-order valence-electron chi connectivity index (χ2n) is 3.96. The molecule has 0 radical (unpaired) electrons. The molecule has 3 rings (SSSR count). The molecule has 1 aromatic carbocycles. The van der Waals surface area contributed by atoms with E-state index in [2.05, 4.69) is 46.8 Å². The Kier molecular flexibility index (Phi) is 2.94. The van der Waals surface area contributed by atoms with Crippen molar-refractivity contribution < 1.29 is 5.11 Å². The molecule has 0 aliphatic rings. The number of aromatic amines is 1. The van der Waals surface area contributed by atoms with E-state index in [0.29, 0.717) is 21.5 Å². The molecule has 0 amide bonds. The van der Waals surface area contributed by atoms with Gasteiger partial charge in [-0.1, -0.05) is 0 Å². The predicted octanol–water partition coefficient (Wildman–Crippen LogP) is 3.44. The average molecular weight is 384 g/mol. The van der Waals surface area contributed by atoms with Crippen molar-refractivity contribution in [2.75, 3.05) is 5.73 Å². The molecule has 0 atom stereocenters. The van der Waals surface area contributed by atoms with Crippen molar-refractivity contribution in [3.8, 4) is 16.9 Å². The maximum Gasteiger partial charge on any atom is 0.198 e. The summed E-state index contributed by atoms with van der Waals surface area (Å²) < 4.78 is 1.29. The van der Waals surface area contributed by atoms with Crippen molar-refractivity contribution in [2.24, 2.45) is 0 Å². The normalized spacial score (nSPS) is 11.1. The van der Waals surface area contributed by atoms with Gasteiger partial charge in [-0.15, -0.1) is 0 Å².